The molecule has 1 amide bonds. The van der Waals surface area contributed by atoms with Crippen molar-refractivity contribution in [2.75, 3.05) is 11.1 Å². The van der Waals surface area contributed by atoms with Crippen LogP contribution in [0.5, 0.6) is 0 Å². The number of carbonyl (C=O) groups excluding carboxylic acids is 1. The van der Waals surface area contributed by atoms with Gasteiger partial charge in [0.1, 0.15) is 5.82 Å². The van der Waals surface area contributed by atoms with Crippen LogP contribution in [0.25, 0.3) is 0 Å². The third-order valence-corrected chi connectivity index (χ3v) is 3.56. The normalized spacial score (nSPS) is 10.3. The van der Waals surface area contributed by atoms with Gasteiger partial charge in [-0.1, -0.05) is 23.7 Å². The lowest BCUT2D eigenvalue weighted by atomic mass is 10.2. The van der Waals surface area contributed by atoms with E-state index in [1.807, 2.05) is 0 Å². The maximum atomic E-state index is 13.6. The Balaban J connectivity index is 2.34. The lowest BCUT2D eigenvalue weighted by Crippen LogP contribution is -2.14. The summed E-state index contributed by atoms with van der Waals surface area (Å²) in [5, 5.41) is 2.61. The number of nitrogens with one attached hydrogen (secondary N) is 1. The van der Waals surface area contributed by atoms with Crippen molar-refractivity contribution in [2.24, 2.45) is 0 Å². The Bertz CT molecular complexity index is 628. The molecule has 0 bridgehead atoms. The summed E-state index contributed by atoms with van der Waals surface area (Å²) in [5.74, 6) is -1.06. The van der Waals surface area contributed by atoms with Crippen molar-refractivity contribution < 1.29 is 9.18 Å². The summed E-state index contributed by atoms with van der Waals surface area (Å²) in [6, 6.07) is 9.11. The third kappa shape index (κ3) is 2.88. The Morgan fingerprint density at radius 2 is 1.95 bits per heavy atom. The largest absolute Gasteiger partial charge is 0.398 e. The third-order valence-electron chi connectivity index (χ3n) is 2.47. The van der Waals surface area contributed by atoms with Crippen LogP contribution < -0.4 is 11.1 Å². The summed E-state index contributed by atoms with van der Waals surface area (Å²) in [6.07, 6.45) is 0. The van der Waals surface area contributed by atoms with E-state index in [-0.39, 0.29) is 16.3 Å². The Morgan fingerprint density at radius 1 is 1.26 bits per heavy atom. The van der Waals surface area contributed by atoms with Gasteiger partial charge in [0, 0.05) is 4.47 Å². The summed E-state index contributed by atoms with van der Waals surface area (Å²) in [5.41, 5.74) is 6.16. The van der Waals surface area contributed by atoms with Gasteiger partial charge in [-0.3, -0.25) is 4.79 Å². The van der Waals surface area contributed by atoms with Crippen LogP contribution in [0.15, 0.2) is 40.9 Å². The molecule has 0 aliphatic carbocycles. The zero-order valence-corrected chi connectivity index (χ0v) is 11.9. The summed E-state index contributed by atoms with van der Waals surface area (Å²) in [6.45, 7) is 0. The highest BCUT2D eigenvalue weighted by atomic mass is 79.9. The molecule has 0 aliphatic rings. The molecule has 0 fully saturated rings. The minimum atomic E-state index is -0.539. The van der Waals surface area contributed by atoms with Gasteiger partial charge in [-0.15, -0.1) is 0 Å². The number of nitrogens with two attached hydrogens (primary N) is 1. The number of rotatable bonds is 2. The molecule has 0 heterocycles. The molecule has 2 aromatic rings. The van der Waals surface area contributed by atoms with Gasteiger partial charge in [0.25, 0.3) is 5.91 Å². The van der Waals surface area contributed by atoms with Crippen LogP contribution in [0.4, 0.5) is 15.8 Å². The molecule has 0 aromatic heterocycles. The smallest absolute Gasteiger partial charge is 0.257 e. The molecule has 0 spiro atoms. The molecule has 3 nitrogen and oxygen atoms in total. The quantitative estimate of drug-likeness (QED) is 0.807. The fraction of sp³-hybridized carbons (Fsp3) is 0. The maximum Gasteiger partial charge on any atom is 0.257 e. The summed E-state index contributed by atoms with van der Waals surface area (Å²) in [4.78, 5) is 12.1. The van der Waals surface area contributed by atoms with Gasteiger partial charge in [0.15, 0.2) is 0 Å². The first-order chi connectivity index (χ1) is 9.00. The number of nitrogen functional groups attached to an aromatic ring is 1. The van der Waals surface area contributed by atoms with Gasteiger partial charge in [-0.2, -0.15) is 0 Å². The van der Waals surface area contributed by atoms with Crippen molar-refractivity contribution in [2.45, 2.75) is 0 Å². The molecule has 0 unspecified atom stereocenters. The van der Waals surface area contributed by atoms with E-state index in [1.165, 1.54) is 18.2 Å². The molecule has 3 N–H and O–H groups in total. The average Bonchev–Trinajstić information content (AvgIpc) is 2.37. The van der Waals surface area contributed by atoms with Gasteiger partial charge in [0.05, 0.1) is 22.0 Å². The van der Waals surface area contributed by atoms with Crippen molar-refractivity contribution in [1.82, 2.24) is 0 Å². The van der Waals surface area contributed by atoms with E-state index in [1.54, 1.807) is 18.2 Å². The SMILES string of the molecule is Nc1cccc(C(=O)Nc2c(F)cccc2Br)c1Cl. The highest BCUT2D eigenvalue weighted by Gasteiger charge is 2.15. The Morgan fingerprint density at radius 3 is 2.63 bits per heavy atom. The predicted molar refractivity (Wildman–Crippen MR) is 77.9 cm³/mol. The number of amides is 1. The molecule has 98 valence electrons. The van der Waals surface area contributed by atoms with E-state index in [0.29, 0.717) is 10.2 Å². The second kappa shape index (κ2) is 5.59. The monoisotopic (exact) mass is 342 g/mol. The minimum absolute atomic E-state index is 0.0611. The summed E-state index contributed by atoms with van der Waals surface area (Å²) in [7, 11) is 0. The molecule has 2 rings (SSSR count). The molecule has 0 saturated heterocycles. The predicted octanol–water partition coefficient (Wildman–Crippen LogP) is 4.08. The van der Waals surface area contributed by atoms with Gasteiger partial charge in [0.2, 0.25) is 0 Å². The molecular weight excluding hydrogens is 335 g/mol. The highest BCUT2D eigenvalue weighted by Crippen LogP contribution is 2.28. The van der Waals surface area contributed by atoms with E-state index in [9.17, 15) is 9.18 Å². The zero-order chi connectivity index (χ0) is 14.0. The van der Waals surface area contributed by atoms with E-state index in [2.05, 4.69) is 21.2 Å². The van der Waals surface area contributed by atoms with E-state index in [4.69, 9.17) is 17.3 Å². The fourth-order valence-electron chi connectivity index (χ4n) is 1.52. The van der Waals surface area contributed by atoms with Crippen molar-refractivity contribution in [1.29, 1.82) is 0 Å². The van der Waals surface area contributed by atoms with Crippen LogP contribution in [0.1, 0.15) is 10.4 Å². The molecule has 6 heteroatoms. The van der Waals surface area contributed by atoms with Crippen LogP contribution >= 0.6 is 27.5 Å². The first-order valence-electron chi connectivity index (χ1n) is 5.30. The van der Waals surface area contributed by atoms with Crippen LogP contribution in [-0.2, 0) is 0 Å². The molecule has 0 radical (unpaired) electrons. The lowest BCUT2D eigenvalue weighted by molar-refractivity contribution is 0.102. The van der Waals surface area contributed by atoms with Crippen molar-refractivity contribution in [3.8, 4) is 0 Å². The minimum Gasteiger partial charge on any atom is -0.398 e. The van der Waals surface area contributed by atoms with Crippen molar-refractivity contribution in [3.63, 3.8) is 0 Å². The number of benzene rings is 2. The van der Waals surface area contributed by atoms with E-state index in [0.717, 1.165) is 0 Å². The maximum absolute atomic E-state index is 13.6. The Hall–Kier alpha value is -1.59. The topological polar surface area (TPSA) is 55.1 Å². The van der Waals surface area contributed by atoms with Gasteiger partial charge in [-0.25, -0.2) is 4.39 Å². The second-order valence-electron chi connectivity index (χ2n) is 3.76. The Kier molecular flexibility index (Phi) is 4.07. The highest BCUT2D eigenvalue weighted by molar-refractivity contribution is 9.10. The van der Waals surface area contributed by atoms with Crippen LogP contribution in [0, 0.1) is 5.82 Å². The molecule has 19 heavy (non-hydrogen) atoms. The van der Waals surface area contributed by atoms with Gasteiger partial charge in [-0.05, 0) is 40.2 Å². The molecule has 0 saturated carbocycles. The number of para-hydroxylation sites is 1. The van der Waals surface area contributed by atoms with Gasteiger partial charge >= 0.3 is 0 Å². The molecular formula is C13H9BrClFN2O. The lowest BCUT2D eigenvalue weighted by Gasteiger charge is -2.10. The number of anilines is 2. The fourth-order valence-corrected chi connectivity index (χ4v) is 2.18. The number of halogens is 3. The van der Waals surface area contributed by atoms with Crippen molar-refractivity contribution in [3.05, 3.63) is 57.3 Å². The van der Waals surface area contributed by atoms with E-state index < -0.39 is 11.7 Å². The summed E-state index contributed by atoms with van der Waals surface area (Å²) >= 11 is 9.11. The Labute approximate surface area is 122 Å². The first kappa shape index (κ1) is 13.8. The molecule has 2 aromatic carbocycles. The van der Waals surface area contributed by atoms with Crippen LogP contribution in [0.2, 0.25) is 5.02 Å². The second-order valence-corrected chi connectivity index (χ2v) is 4.99. The number of hydrogen-bond donors (Lipinski definition) is 2. The van der Waals surface area contributed by atoms with Crippen LogP contribution in [-0.4, -0.2) is 5.91 Å². The first-order valence-corrected chi connectivity index (χ1v) is 6.47. The summed E-state index contributed by atoms with van der Waals surface area (Å²) < 4.78 is 14.0. The average molecular weight is 344 g/mol. The standard InChI is InChI=1S/C13H9BrClFN2O/c14-8-4-2-5-9(16)12(8)18-13(19)7-3-1-6-10(17)11(7)15/h1-6H,17H2,(H,18,19). The van der Waals surface area contributed by atoms with Crippen molar-refractivity contribution >= 4 is 44.8 Å². The number of hydrogen-bond acceptors (Lipinski definition) is 2. The number of carbonyl (C=O) groups is 1. The molecule has 0 atom stereocenters. The van der Waals surface area contributed by atoms with Gasteiger partial charge < -0.3 is 11.1 Å². The van der Waals surface area contributed by atoms with E-state index >= 15 is 0 Å². The molecule has 0 aliphatic heterocycles. The van der Waals surface area contributed by atoms with Crippen LogP contribution in [0.3, 0.4) is 0 Å². The zero-order valence-electron chi connectivity index (χ0n) is 9.58.